The van der Waals surface area contributed by atoms with Gasteiger partial charge in [-0.3, -0.25) is 4.79 Å². The van der Waals surface area contributed by atoms with Gasteiger partial charge in [-0.1, -0.05) is 38.6 Å². The molecule has 1 unspecified atom stereocenters. The third-order valence-corrected chi connectivity index (χ3v) is 7.94. The minimum atomic E-state index is -4.30. The maximum Gasteiger partial charge on any atom is 0.281 e. The molecular formula is C28H38N6O4S. The van der Waals surface area contributed by atoms with Gasteiger partial charge in [-0.15, -0.1) is 0 Å². The number of hydrogen-bond acceptors (Lipinski definition) is 9. The van der Waals surface area contributed by atoms with Gasteiger partial charge in [0, 0.05) is 18.2 Å². The number of sulfonamides is 1. The Balaban J connectivity index is 2.06. The van der Waals surface area contributed by atoms with Gasteiger partial charge in [-0.25, -0.2) is 19.7 Å². The van der Waals surface area contributed by atoms with Gasteiger partial charge in [0.15, 0.2) is 5.03 Å². The molecule has 0 aromatic carbocycles. The Kier molecular flexibility index (Phi) is 9.16. The number of amides is 1. The number of ether oxygens (including phenoxy) is 1. The lowest BCUT2D eigenvalue weighted by atomic mass is 10.0. The van der Waals surface area contributed by atoms with Gasteiger partial charge in [0.25, 0.3) is 15.9 Å². The average Bonchev–Trinajstić information content (AvgIpc) is 3.22. The second kappa shape index (κ2) is 12.0. The lowest BCUT2D eigenvalue weighted by molar-refractivity contribution is -0.115. The van der Waals surface area contributed by atoms with Crippen molar-refractivity contribution >= 4 is 27.5 Å². The summed E-state index contributed by atoms with van der Waals surface area (Å²) >= 11 is 0. The highest BCUT2D eigenvalue weighted by Gasteiger charge is 2.36. The van der Waals surface area contributed by atoms with Crippen molar-refractivity contribution in [1.82, 2.24) is 19.6 Å². The molecule has 10 nitrogen and oxygen atoms in total. The monoisotopic (exact) mass is 554 g/mol. The molecule has 39 heavy (non-hydrogen) atoms. The maximum absolute atomic E-state index is 13.4. The number of nitrogens with two attached hydrogens (primary N) is 1. The first-order valence-corrected chi connectivity index (χ1v) is 14.4. The molecule has 0 bridgehead atoms. The van der Waals surface area contributed by atoms with E-state index in [9.17, 15) is 13.2 Å². The number of likely N-dealkylation sites (tertiary alicyclic amines) is 1. The molecule has 3 rings (SSSR count). The number of anilines is 1. The zero-order valence-corrected chi connectivity index (χ0v) is 24.2. The predicted octanol–water partition coefficient (Wildman–Crippen LogP) is 4.07. The number of aromatic nitrogens is 2. The fraction of sp³-hybridized carbons (Fsp3) is 0.429. The highest BCUT2D eigenvalue weighted by Crippen LogP contribution is 2.34. The van der Waals surface area contributed by atoms with Gasteiger partial charge in [0.05, 0.1) is 23.1 Å². The van der Waals surface area contributed by atoms with E-state index in [1.54, 1.807) is 13.0 Å². The highest BCUT2D eigenvalue weighted by atomic mass is 32.2. The molecule has 210 valence electrons. The van der Waals surface area contributed by atoms with Crippen LogP contribution in [0.1, 0.15) is 60.1 Å². The van der Waals surface area contributed by atoms with Gasteiger partial charge >= 0.3 is 0 Å². The van der Waals surface area contributed by atoms with Crippen molar-refractivity contribution in [3.63, 3.8) is 0 Å². The van der Waals surface area contributed by atoms with Crippen LogP contribution in [0, 0.1) is 5.92 Å². The van der Waals surface area contributed by atoms with Crippen LogP contribution >= 0.6 is 0 Å². The molecule has 1 saturated heterocycles. The van der Waals surface area contributed by atoms with E-state index < -0.39 is 15.9 Å². The van der Waals surface area contributed by atoms with E-state index in [1.165, 1.54) is 24.3 Å². The van der Waals surface area contributed by atoms with Crippen LogP contribution in [0.25, 0.3) is 0 Å². The summed E-state index contributed by atoms with van der Waals surface area (Å²) in [4.78, 5) is 28.7. The molecule has 2 aromatic heterocycles. The fourth-order valence-electron chi connectivity index (χ4n) is 4.09. The molecule has 1 fully saturated rings. The van der Waals surface area contributed by atoms with Gasteiger partial charge < -0.3 is 15.4 Å². The zero-order chi connectivity index (χ0) is 29.0. The number of nitrogens with one attached hydrogen (secondary N) is 1. The summed E-state index contributed by atoms with van der Waals surface area (Å²) in [6.45, 7) is 16.5. The molecular weight excluding hydrogens is 516 g/mol. The topological polar surface area (TPSA) is 140 Å². The van der Waals surface area contributed by atoms with Crippen molar-refractivity contribution < 1.29 is 17.9 Å². The molecule has 1 amide bonds. The molecule has 0 radical (unpaired) electrons. The Hall–Kier alpha value is -3.73. The zero-order valence-electron chi connectivity index (χ0n) is 23.4. The molecule has 0 spiro atoms. The summed E-state index contributed by atoms with van der Waals surface area (Å²) in [5, 5.41) is -0.362. The third kappa shape index (κ3) is 7.23. The number of pyridine rings is 2. The van der Waals surface area contributed by atoms with E-state index in [1.807, 2.05) is 24.0 Å². The summed E-state index contributed by atoms with van der Waals surface area (Å²) in [5.41, 5.74) is 6.43. The van der Waals surface area contributed by atoms with E-state index >= 15 is 0 Å². The Bertz CT molecular complexity index is 1400. The highest BCUT2D eigenvalue weighted by molar-refractivity contribution is 7.90. The number of nitrogen functional groups attached to an aromatic ring is 1. The van der Waals surface area contributed by atoms with E-state index in [-0.39, 0.29) is 28.1 Å². The normalized spacial score (nSPS) is 17.0. The quantitative estimate of drug-likeness (QED) is 0.254. The third-order valence-electron chi connectivity index (χ3n) is 6.71. The molecule has 3 heterocycles. The van der Waals surface area contributed by atoms with Crippen molar-refractivity contribution in [3.8, 4) is 5.88 Å². The van der Waals surface area contributed by atoms with Crippen LogP contribution in [0.4, 0.5) is 5.82 Å². The molecule has 1 aliphatic rings. The number of carbonyl (C=O) groups is 1. The summed E-state index contributed by atoms with van der Waals surface area (Å²) < 4.78 is 33.9. The number of rotatable bonds is 10. The summed E-state index contributed by atoms with van der Waals surface area (Å²) in [7, 11) is -4.30. The number of hydrogen-bond donors (Lipinski definition) is 2. The largest absolute Gasteiger partial charge is 0.474 e. The lowest BCUT2D eigenvalue weighted by Crippen LogP contribution is -2.40. The summed E-state index contributed by atoms with van der Waals surface area (Å²) in [6, 6.07) is 9.59. The Morgan fingerprint density at radius 1 is 1.21 bits per heavy atom. The van der Waals surface area contributed by atoms with E-state index in [4.69, 9.17) is 15.5 Å². The lowest BCUT2D eigenvalue weighted by Gasteiger charge is -2.34. The van der Waals surface area contributed by atoms with Gasteiger partial charge in [0.1, 0.15) is 11.6 Å². The Morgan fingerprint density at radius 3 is 2.49 bits per heavy atom. The van der Waals surface area contributed by atoms with Crippen LogP contribution in [0.3, 0.4) is 0 Å². The van der Waals surface area contributed by atoms with Crippen molar-refractivity contribution in [1.29, 1.82) is 0 Å². The van der Waals surface area contributed by atoms with Crippen molar-refractivity contribution in [2.75, 3.05) is 12.3 Å². The first kappa shape index (κ1) is 29.8. The van der Waals surface area contributed by atoms with Crippen LogP contribution in [0.15, 0.2) is 70.5 Å². The van der Waals surface area contributed by atoms with Gasteiger partial charge in [-0.2, -0.15) is 8.42 Å². The van der Waals surface area contributed by atoms with Crippen LogP contribution in [0.5, 0.6) is 5.88 Å². The first-order chi connectivity index (χ1) is 18.2. The van der Waals surface area contributed by atoms with E-state index in [0.29, 0.717) is 35.6 Å². The number of carbonyl (C=O) groups excluding carboxylic acids is 1. The van der Waals surface area contributed by atoms with Crippen LogP contribution in [0.2, 0.25) is 0 Å². The summed E-state index contributed by atoms with van der Waals surface area (Å²) in [6.07, 6.45) is 3.04. The molecule has 11 heteroatoms. The second-order valence-electron chi connectivity index (χ2n) is 10.5. The van der Waals surface area contributed by atoms with Gasteiger partial charge in [-0.05, 0) is 64.7 Å². The molecule has 3 N–H and O–H groups in total. The van der Waals surface area contributed by atoms with E-state index in [0.717, 1.165) is 12.8 Å². The maximum atomic E-state index is 13.4. The van der Waals surface area contributed by atoms with Crippen LogP contribution in [-0.4, -0.2) is 53.1 Å². The smallest absolute Gasteiger partial charge is 0.281 e. The molecule has 0 saturated carbocycles. The second-order valence-corrected chi connectivity index (χ2v) is 12.1. The molecule has 0 aliphatic carbocycles. The Morgan fingerprint density at radius 2 is 1.90 bits per heavy atom. The minimum Gasteiger partial charge on any atom is -0.474 e. The molecule has 2 aromatic rings. The minimum absolute atomic E-state index is 0.0117. The molecule has 1 atom stereocenters. The average molecular weight is 555 g/mol. The van der Waals surface area contributed by atoms with Crippen LogP contribution in [-0.2, 0) is 14.8 Å². The fourth-order valence-corrected chi connectivity index (χ4v) is 5.03. The predicted molar refractivity (Wildman–Crippen MR) is 153 cm³/mol. The summed E-state index contributed by atoms with van der Waals surface area (Å²) in [5.74, 6) is 0.231. The SMILES string of the molecule is C=C/C(C(=O)NS(=O)(=O)c1cccc(N)n1)=C(\N=C(C)c1cccc(OC(C)C(C)C)n1)N1CCCC1(C)C. The van der Waals surface area contributed by atoms with Crippen molar-refractivity contribution in [2.24, 2.45) is 10.9 Å². The molecule has 1 aliphatic heterocycles. The van der Waals surface area contributed by atoms with Crippen molar-refractivity contribution in [2.45, 2.75) is 71.1 Å². The Labute approximate surface area is 231 Å². The number of nitrogens with zero attached hydrogens (tertiary/aromatic N) is 4. The first-order valence-electron chi connectivity index (χ1n) is 12.9. The number of aliphatic imine (C=N–C) groups is 1. The van der Waals surface area contributed by atoms with Crippen molar-refractivity contribution in [3.05, 3.63) is 66.1 Å². The standard InChI is InChI=1S/C28H38N6O4S/c1-8-21(27(35)33-39(36,37)25-15-10-13-23(29)32-25)26(34-17-11-16-28(34,6)7)30-19(4)22-12-9-14-24(31-22)38-20(5)18(2)3/h8-10,12-15,18,20H,1,11,16-17H2,2-7H3,(H2,29,32)(H,33,35)/b26-21-,30-19?. The van der Waals surface area contributed by atoms with Crippen LogP contribution < -0.4 is 15.2 Å². The van der Waals surface area contributed by atoms with Gasteiger partial charge in [0.2, 0.25) is 5.88 Å². The van der Waals surface area contributed by atoms with E-state index in [2.05, 4.69) is 49.0 Å².